The number of allylic oxidation sites excluding steroid dienone is 2. The van der Waals surface area contributed by atoms with Gasteiger partial charge in [-0.15, -0.1) is 0 Å². The fourth-order valence-corrected chi connectivity index (χ4v) is 4.62. The van der Waals surface area contributed by atoms with Crippen molar-refractivity contribution in [2.45, 2.75) is 123 Å². The third-order valence-corrected chi connectivity index (χ3v) is 6.75. The van der Waals surface area contributed by atoms with Gasteiger partial charge in [-0.1, -0.05) is 89.7 Å². The first kappa shape index (κ1) is 26.4. The van der Waals surface area contributed by atoms with E-state index in [0.29, 0.717) is 6.17 Å². The van der Waals surface area contributed by atoms with Crippen LogP contribution in [-0.4, -0.2) is 48.2 Å². The first-order valence-electron chi connectivity index (χ1n) is 12.9. The zero-order valence-electron chi connectivity index (χ0n) is 19.8. The molecule has 170 valence electrons. The van der Waals surface area contributed by atoms with Crippen molar-refractivity contribution >= 4 is 6.21 Å². The van der Waals surface area contributed by atoms with Crippen LogP contribution in [-0.2, 0) is 0 Å². The summed E-state index contributed by atoms with van der Waals surface area (Å²) >= 11 is 0. The molecular weight excluding hydrogens is 356 g/mol. The molecule has 1 aliphatic heterocycles. The molecular formula is C26H51N2O+. The summed E-state index contributed by atoms with van der Waals surface area (Å²) in [6, 6.07) is 0. The second kappa shape index (κ2) is 18.1. The molecule has 2 unspecified atom stereocenters. The van der Waals surface area contributed by atoms with Crippen molar-refractivity contribution in [3.8, 4) is 0 Å². The summed E-state index contributed by atoms with van der Waals surface area (Å²) in [7, 11) is 0. The Morgan fingerprint density at radius 1 is 0.828 bits per heavy atom. The predicted octanol–water partition coefficient (Wildman–Crippen LogP) is 7.04. The van der Waals surface area contributed by atoms with Crippen molar-refractivity contribution in [1.29, 1.82) is 0 Å². The van der Waals surface area contributed by atoms with Crippen molar-refractivity contribution in [1.82, 2.24) is 0 Å². The smallest absolute Gasteiger partial charge is 0.182 e. The van der Waals surface area contributed by atoms with E-state index in [4.69, 9.17) is 4.99 Å². The van der Waals surface area contributed by atoms with E-state index in [1.807, 2.05) is 0 Å². The number of quaternary nitrogens is 1. The minimum Gasteiger partial charge on any atom is -0.391 e. The number of likely N-dealkylation sites (N-methyl/N-ethyl adjacent to an activating group) is 1. The number of rotatable bonds is 20. The lowest BCUT2D eigenvalue weighted by molar-refractivity contribution is -0.936. The van der Waals surface area contributed by atoms with Crippen molar-refractivity contribution < 1.29 is 9.59 Å². The quantitative estimate of drug-likeness (QED) is 0.131. The van der Waals surface area contributed by atoms with Gasteiger partial charge in [0.1, 0.15) is 13.1 Å². The highest BCUT2D eigenvalue weighted by Crippen LogP contribution is 2.24. The number of aliphatic imine (C=N–C) groups is 1. The Balaban J connectivity index is 1.86. The van der Waals surface area contributed by atoms with E-state index in [1.54, 1.807) is 0 Å². The lowest BCUT2D eigenvalue weighted by atomic mass is 10.0. The Hall–Kier alpha value is -0.670. The normalized spacial score (nSPS) is 21.6. The van der Waals surface area contributed by atoms with Crippen LogP contribution in [0.3, 0.4) is 0 Å². The summed E-state index contributed by atoms with van der Waals surface area (Å²) in [4.78, 5) is 4.72. The fourth-order valence-electron chi connectivity index (χ4n) is 4.62. The minimum atomic E-state index is 0.282. The van der Waals surface area contributed by atoms with Gasteiger partial charge >= 0.3 is 0 Å². The van der Waals surface area contributed by atoms with Crippen LogP contribution in [0.25, 0.3) is 0 Å². The molecule has 0 fully saturated rings. The van der Waals surface area contributed by atoms with E-state index in [-0.39, 0.29) is 6.61 Å². The number of hydrogen-bond donors (Lipinski definition) is 1. The van der Waals surface area contributed by atoms with Gasteiger partial charge in [0.2, 0.25) is 0 Å². The first-order chi connectivity index (χ1) is 14.3. The van der Waals surface area contributed by atoms with Crippen LogP contribution < -0.4 is 0 Å². The first-order valence-corrected chi connectivity index (χ1v) is 12.9. The monoisotopic (exact) mass is 407 g/mol. The molecule has 0 radical (unpaired) electrons. The van der Waals surface area contributed by atoms with Crippen LogP contribution in [0.2, 0.25) is 0 Å². The van der Waals surface area contributed by atoms with Gasteiger partial charge in [-0.3, -0.25) is 4.48 Å². The van der Waals surface area contributed by atoms with Crippen LogP contribution in [0.4, 0.5) is 0 Å². The van der Waals surface area contributed by atoms with Crippen molar-refractivity contribution in [2.24, 2.45) is 4.99 Å². The molecule has 0 aromatic heterocycles. The highest BCUT2D eigenvalue weighted by molar-refractivity contribution is 5.60. The van der Waals surface area contributed by atoms with Gasteiger partial charge in [-0.25, -0.2) is 4.99 Å². The number of hydrogen-bond acceptors (Lipinski definition) is 2. The molecule has 0 amide bonds. The SMILES string of the molecule is CCCC/C=C/CCCCCCCCCCCCCC1N=CC[N+]1(CC)CCO. The highest BCUT2D eigenvalue weighted by atomic mass is 16.3. The fraction of sp³-hybridized carbons (Fsp3) is 0.885. The summed E-state index contributed by atoms with van der Waals surface area (Å²) in [6.07, 6.45) is 29.0. The lowest BCUT2D eigenvalue weighted by Crippen LogP contribution is -2.53. The number of aliphatic hydroxyl groups excluding tert-OH is 1. The van der Waals surface area contributed by atoms with E-state index in [9.17, 15) is 5.11 Å². The van der Waals surface area contributed by atoms with Crippen LogP contribution in [0.1, 0.15) is 117 Å². The molecule has 0 aromatic rings. The molecule has 0 aliphatic carbocycles. The van der Waals surface area contributed by atoms with Crippen molar-refractivity contribution in [3.63, 3.8) is 0 Å². The topological polar surface area (TPSA) is 32.6 Å². The lowest BCUT2D eigenvalue weighted by Gasteiger charge is -2.37. The van der Waals surface area contributed by atoms with Crippen LogP contribution in [0.5, 0.6) is 0 Å². The average Bonchev–Trinajstić information content (AvgIpc) is 3.13. The third kappa shape index (κ3) is 11.9. The maximum atomic E-state index is 9.39. The van der Waals surface area contributed by atoms with Gasteiger partial charge in [0.05, 0.1) is 19.4 Å². The van der Waals surface area contributed by atoms with E-state index in [2.05, 4.69) is 32.2 Å². The molecule has 3 nitrogen and oxygen atoms in total. The third-order valence-electron chi connectivity index (χ3n) is 6.75. The second-order valence-corrected chi connectivity index (χ2v) is 9.06. The van der Waals surface area contributed by atoms with Gasteiger partial charge in [-0.2, -0.15) is 0 Å². The Morgan fingerprint density at radius 3 is 1.93 bits per heavy atom. The van der Waals surface area contributed by atoms with E-state index in [1.165, 1.54) is 103 Å². The predicted molar refractivity (Wildman–Crippen MR) is 129 cm³/mol. The van der Waals surface area contributed by atoms with Crippen molar-refractivity contribution in [3.05, 3.63) is 12.2 Å². The van der Waals surface area contributed by atoms with Gasteiger partial charge in [0.15, 0.2) is 6.17 Å². The van der Waals surface area contributed by atoms with Crippen LogP contribution >= 0.6 is 0 Å². The largest absolute Gasteiger partial charge is 0.391 e. The molecule has 1 N–H and O–H groups in total. The molecule has 0 saturated heterocycles. The number of aliphatic hydroxyl groups is 1. The summed E-state index contributed by atoms with van der Waals surface area (Å²) in [5.41, 5.74) is 0. The summed E-state index contributed by atoms with van der Waals surface area (Å²) in [5.74, 6) is 0. The van der Waals surface area contributed by atoms with E-state index >= 15 is 0 Å². The molecule has 0 saturated carbocycles. The summed E-state index contributed by atoms with van der Waals surface area (Å²) in [5, 5.41) is 9.39. The zero-order valence-corrected chi connectivity index (χ0v) is 19.8. The van der Waals surface area contributed by atoms with Crippen LogP contribution in [0.15, 0.2) is 17.1 Å². The number of nitrogens with zero attached hydrogens (tertiary/aromatic N) is 2. The number of unbranched alkanes of at least 4 members (excludes halogenated alkanes) is 13. The molecule has 0 spiro atoms. The molecule has 3 heteroatoms. The Morgan fingerprint density at radius 2 is 1.38 bits per heavy atom. The Labute approximate surface area is 182 Å². The highest BCUT2D eigenvalue weighted by Gasteiger charge is 2.36. The van der Waals surface area contributed by atoms with Gasteiger partial charge in [0, 0.05) is 6.42 Å². The van der Waals surface area contributed by atoms with Gasteiger partial charge in [0.25, 0.3) is 0 Å². The molecule has 1 heterocycles. The summed E-state index contributed by atoms with van der Waals surface area (Å²) in [6.45, 7) is 7.73. The zero-order chi connectivity index (χ0) is 21.0. The second-order valence-electron chi connectivity index (χ2n) is 9.06. The van der Waals surface area contributed by atoms with E-state index < -0.39 is 0 Å². The Kier molecular flexibility index (Phi) is 16.5. The standard InChI is InChI=1S/C26H51N2O/c1-3-5-6-7-8-9-10-11-12-13-14-15-16-17-18-19-20-21-26-27-22-23-28(26,4-2)24-25-29/h7-8,22,26,29H,3-6,9-21,23-25H2,1-2H3/q+1/b8-7+. The van der Waals surface area contributed by atoms with E-state index in [0.717, 1.165) is 24.1 Å². The molecule has 2 atom stereocenters. The molecule has 0 bridgehead atoms. The average molecular weight is 408 g/mol. The maximum absolute atomic E-state index is 9.39. The van der Waals surface area contributed by atoms with Crippen molar-refractivity contribution in [2.75, 3.05) is 26.2 Å². The van der Waals surface area contributed by atoms with Crippen LogP contribution in [0, 0.1) is 0 Å². The van der Waals surface area contributed by atoms with Gasteiger partial charge in [-0.05, 0) is 32.6 Å². The minimum absolute atomic E-state index is 0.282. The molecule has 29 heavy (non-hydrogen) atoms. The summed E-state index contributed by atoms with van der Waals surface area (Å²) < 4.78 is 0.978. The molecule has 1 aliphatic rings. The maximum Gasteiger partial charge on any atom is 0.182 e. The molecule has 1 rings (SSSR count). The Bertz CT molecular complexity index is 421. The molecule has 0 aromatic carbocycles. The van der Waals surface area contributed by atoms with Gasteiger partial charge < -0.3 is 5.11 Å².